The van der Waals surface area contributed by atoms with Crippen molar-refractivity contribution in [2.45, 2.75) is 64.5 Å². The summed E-state index contributed by atoms with van der Waals surface area (Å²) in [4.78, 5) is 0. The highest BCUT2D eigenvalue weighted by Crippen LogP contribution is 2.27. The van der Waals surface area contributed by atoms with Crippen LogP contribution in [-0.4, -0.2) is 18.7 Å². The first-order valence-corrected chi connectivity index (χ1v) is 7.77. The average Bonchev–Trinajstić information content (AvgIpc) is 2.84. The van der Waals surface area contributed by atoms with Gasteiger partial charge in [0.25, 0.3) is 0 Å². The zero-order valence-electron chi connectivity index (χ0n) is 12.3. The van der Waals surface area contributed by atoms with Gasteiger partial charge in [-0.05, 0) is 25.0 Å². The molecule has 1 aliphatic heterocycles. The number of unbranched alkanes of at least 4 members (excludes halogenated alkanes) is 3. The second-order valence-electron chi connectivity index (χ2n) is 5.71. The van der Waals surface area contributed by atoms with Crippen LogP contribution in [0.1, 0.15) is 51.5 Å². The van der Waals surface area contributed by atoms with Crippen molar-refractivity contribution >= 4 is 0 Å². The molecule has 2 nitrogen and oxygen atoms in total. The third kappa shape index (κ3) is 4.54. The summed E-state index contributed by atoms with van der Waals surface area (Å²) >= 11 is 0. The van der Waals surface area contributed by atoms with E-state index in [9.17, 15) is 0 Å². The van der Waals surface area contributed by atoms with E-state index in [-0.39, 0.29) is 0 Å². The maximum absolute atomic E-state index is 5.94. The molecule has 1 aromatic carbocycles. The number of para-hydroxylation sites is 1. The average molecular weight is 261 g/mol. The van der Waals surface area contributed by atoms with E-state index in [1.165, 1.54) is 37.7 Å². The van der Waals surface area contributed by atoms with Crippen molar-refractivity contribution in [2.24, 2.45) is 0 Å². The van der Waals surface area contributed by atoms with Crippen molar-refractivity contribution in [3.63, 3.8) is 0 Å². The first kappa shape index (κ1) is 14.4. The Morgan fingerprint density at radius 2 is 2.11 bits per heavy atom. The molecule has 1 heterocycles. The topological polar surface area (TPSA) is 21.3 Å². The highest BCUT2D eigenvalue weighted by atomic mass is 16.5. The molecule has 0 saturated carbocycles. The minimum atomic E-state index is 0.315. The smallest absolute Gasteiger partial charge is 0.123 e. The molecule has 2 atom stereocenters. The predicted molar refractivity (Wildman–Crippen MR) is 80.8 cm³/mol. The number of rotatable bonds is 8. The van der Waals surface area contributed by atoms with E-state index in [0.717, 1.165) is 18.7 Å². The summed E-state index contributed by atoms with van der Waals surface area (Å²) in [5.74, 6) is 1.07. The quantitative estimate of drug-likeness (QED) is 0.716. The Kier molecular flexibility index (Phi) is 5.71. The molecule has 2 heteroatoms. The van der Waals surface area contributed by atoms with Crippen LogP contribution in [0, 0.1) is 0 Å². The van der Waals surface area contributed by atoms with Gasteiger partial charge in [0.15, 0.2) is 0 Å². The molecule has 0 aliphatic carbocycles. The Bertz CT molecular complexity index is 352. The predicted octanol–water partition coefficient (Wildman–Crippen LogP) is 3.94. The second-order valence-corrected chi connectivity index (χ2v) is 5.71. The number of nitrogens with one attached hydrogen (secondary N) is 1. The molecular weight excluding hydrogens is 234 g/mol. The molecule has 106 valence electrons. The lowest BCUT2D eigenvalue weighted by Gasteiger charge is -2.17. The maximum Gasteiger partial charge on any atom is 0.123 e. The van der Waals surface area contributed by atoms with Gasteiger partial charge in [-0.3, -0.25) is 0 Å². The number of fused-ring (bicyclic) bond motifs is 1. The van der Waals surface area contributed by atoms with Gasteiger partial charge in [-0.2, -0.15) is 0 Å². The zero-order chi connectivity index (χ0) is 13.5. The van der Waals surface area contributed by atoms with E-state index >= 15 is 0 Å². The molecule has 1 N–H and O–H groups in total. The SMILES string of the molecule is CCCCCCC(C)NCC1Cc2ccccc2O1. The van der Waals surface area contributed by atoms with Gasteiger partial charge < -0.3 is 10.1 Å². The highest BCUT2D eigenvalue weighted by molar-refractivity contribution is 5.37. The largest absolute Gasteiger partial charge is 0.488 e. The van der Waals surface area contributed by atoms with Gasteiger partial charge >= 0.3 is 0 Å². The van der Waals surface area contributed by atoms with Crippen LogP contribution >= 0.6 is 0 Å². The maximum atomic E-state index is 5.94. The van der Waals surface area contributed by atoms with Crippen LogP contribution in [0.15, 0.2) is 24.3 Å². The van der Waals surface area contributed by atoms with Crippen LogP contribution in [-0.2, 0) is 6.42 Å². The molecule has 1 aliphatic rings. The Balaban J connectivity index is 1.62. The first-order valence-electron chi connectivity index (χ1n) is 7.77. The molecule has 19 heavy (non-hydrogen) atoms. The van der Waals surface area contributed by atoms with E-state index in [0.29, 0.717) is 12.1 Å². The normalized spacial score (nSPS) is 18.9. The molecule has 0 fully saturated rings. The van der Waals surface area contributed by atoms with Crippen molar-refractivity contribution in [2.75, 3.05) is 6.54 Å². The van der Waals surface area contributed by atoms with Crippen LogP contribution in [0.5, 0.6) is 5.75 Å². The molecule has 2 rings (SSSR count). The number of benzene rings is 1. The fraction of sp³-hybridized carbons (Fsp3) is 0.647. The van der Waals surface area contributed by atoms with Crippen molar-refractivity contribution in [3.05, 3.63) is 29.8 Å². The van der Waals surface area contributed by atoms with E-state index in [1.807, 2.05) is 6.07 Å². The summed E-state index contributed by atoms with van der Waals surface area (Å²) < 4.78 is 5.94. The summed E-state index contributed by atoms with van der Waals surface area (Å²) in [6, 6.07) is 8.98. The van der Waals surface area contributed by atoms with Crippen LogP contribution < -0.4 is 10.1 Å². The molecule has 0 saturated heterocycles. The summed E-state index contributed by atoms with van der Waals surface area (Å²) in [6.45, 7) is 5.51. The summed E-state index contributed by atoms with van der Waals surface area (Å²) in [5, 5.41) is 3.61. The lowest BCUT2D eigenvalue weighted by atomic mass is 10.1. The Morgan fingerprint density at radius 3 is 2.89 bits per heavy atom. The highest BCUT2D eigenvalue weighted by Gasteiger charge is 2.22. The number of ether oxygens (including phenoxy) is 1. The zero-order valence-corrected chi connectivity index (χ0v) is 12.3. The Labute approximate surface area is 117 Å². The summed E-state index contributed by atoms with van der Waals surface area (Å²) in [6.07, 6.45) is 8.03. The summed E-state index contributed by atoms with van der Waals surface area (Å²) in [5.41, 5.74) is 1.35. The summed E-state index contributed by atoms with van der Waals surface area (Å²) in [7, 11) is 0. The third-order valence-corrected chi connectivity index (χ3v) is 3.90. The van der Waals surface area contributed by atoms with Crippen LogP contribution in [0.4, 0.5) is 0 Å². The van der Waals surface area contributed by atoms with Crippen molar-refractivity contribution in [1.29, 1.82) is 0 Å². The van der Waals surface area contributed by atoms with Crippen molar-refractivity contribution in [1.82, 2.24) is 5.32 Å². The van der Waals surface area contributed by atoms with E-state index in [4.69, 9.17) is 4.74 Å². The van der Waals surface area contributed by atoms with Gasteiger partial charge in [-0.25, -0.2) is 0 Å². The van der Waals surface area contributed by atoms with Crippen molar-refractivity contribution < 1.29 is 4.74 Å². The fourth-order valence-corrected chi connectivity index (χ4v) is 2.68. The number of hydrogen-bond donors (Lipinski definition) is 1. The minimum Gasteiger partial charge on any atom is -0.488 e. The molecule has 0 spiro atoms. The lowest BCUT2D eigenvalue weighted by Crippen LogP contribution is -2.35. The molecule has 1 aromatic rings. The second kappa shape index (κ2) is 7.54. The van der Waals surface area contributed by atoms with E-state index < -0.39 is 0 Å². The van der Waals surface area contributed by atoms with Crippen LogP contribution in [0.2, 0.25) is 0 Å². The molecular formula is C17H27NO. The van der Waals surface area contributed by atoms with Gasteiger partial charge in [0.05, 0.1) is 0 Å². The first-order chi connectivity index (χ1) is 9.29. The molecule has 2 unspecified atom stereocenters. The Morgan fingerprint density at radius 1 is 1.26 bits per heavy atom. The van der Waals surface area contributed by atoms with E-state index in [2.05, 4.69) is 37.4 Å². The monoisotopic (exact) mass is 261 g/mol. The van der Waals surface area contributed by atoms with Gasteiger partial charge in [0, 0.05) is 19.0 Å². The Hall–Kier alpha value is -1.02. The fourth-order valence-electron chi connectivity index (χ4n) is 2.68. The molecule has 0 aromatic heterocycles. The lowest BCUT2D eigenvalue weighted by molar-refractivity contribution is 0.221. The van der Waals surface area contributed by atoms with Crippen molar-refractivity contribution in [3.8, 4) is 5.75 Å². The van der Waals surface area contributed by atoms with Gasteiger partial charge in [0.1, 0.15) is 11.9 Å². The third-order valence-electron chi connectivity index (χ3n) is 3.90. The number of hydrogen-bond acceptors (Lipinski definition) is 2. The minimum absolute atomic E-state index is 0.315. The van der Waals surface area contributed by atoms with Crippen LogP contribution in [0.25, 0.3) is 0 Å². The molecule has 0 radical (unpaired) electrons. The molecule has 0 bridgehead atoms. The van der Waals surface area contributed by atoms with E-state index in [1.54, 1.807) is 0 Å². The van der Waals surface area contributed by atoms with Gasteiger partial charge in [-0.15, -0.1) is 0 Å². The molecule has 0 amide bonds. The van der Waals surface area contributed by atoms with Crippen LogP contribution in [0.3, 0.4) is 0 Å². The standard InChI is InChI=1S/C17H27NO/c1-3-4-5-6-9-14(2)18-13-16-12-15-10-7-8-11-17(15)19-16/h7-8,10-11,14,16,18H,3-6,9,12-13H2,1-2H3. The van der Waals surface area contributed by atoms with Gasteiger partial charge in [-0.1, -0.05) is 50.8 Å². The van der Waals surface area contributed by atoms with Gasteiger partial charge in [0.2, 0.25) is 0 Å².